The molecule has 0 atom stereocenters. The molecule has 0 aromatic heterocycles. The molecule has 2 aromatic carbocycles. The van der Waals surface area contributed by atoms with E-state index in [0.717, 1.165) is 16.8 Å². The van der Waals surface area contributed by atoms with Gasteiger partial charge in [-0.3, -0.25) is 9.59 Å². The number of nitrogens with one attached hydrogen (secondary N) is 1. The van der Waals surface area contributed by atoms with Crippen LogP contribution >= 0.6 is 0 Å². The average molecular weight is 328 g/mol. The Kier molecular flexibility index (Phi) is 5.68. The van der Waals surface area contributed by atoms with Crippen LogP contribution in [-0.2, 0) is 9.59 Å². The number of rotatable bonds is 5. The number of benzene rings is 2. The molecule has 24 heavy (non-hydrogen) atoms. The fourth-order valence-corrected chi connectivity index (χ4v) is 2.42. The van der Waals surface area contributed by atoms with Crippen LogP contribution in [0.15, 0.2) is 42.5 Å². The van der Waals surface area contributed by atoms with Gasteiger partial charge in [0.25, 0.3) is 0 Å². The minimum absolute atomic E-state index is 0.128. The third-order valence-electron chi connectivity index (χ3n) is 3.94. The number of amides is 2. The first-order valence-corrected chi connectivity index (χ1v) is 7.78. The summed E-state index contributed by atoms with van der Waals surface area (Å²) in [5.74, 6) is -0.843. The highest BCUT2D eigenvalue weighted by molar-refractivity contribution is 5.95. The minimum Gasteiger partial charge on any atom is -0.326 e. The predicted octanol–water partition coefficient (Wildman–Crippen LogP) is 3.82. The van der Waals surface area contributed by atoms with Crippen LogP contribution in [0, 0.1) is 19.7 Å². The first-order chi connectivity index (χ1) is 11.4. The van der Waals surface area contributed by atoms with Crippen LogP contribution in [0.25, 0.3) is 0 Å². The van der Waals surface area contributed by atoms with Crippen LogP contribution in [0.1, 0.15) is 24.5 Å². The molecule has 2 amide bonds. The molecule has 2 rings (SSSR count). The number of nitrogens with zero attached hydrogens (tertiary/aromatic N) is 1. The summed E-state index contributed by atoms with van der Waals surface area (Å²) < 4.78 is 13.3. The van der Waals surface area contributed by atoms with E-state index in [1.807, 2.05) is 32.0 Å². The molecule has 0 spiro atoms. The first kappa shape index (κ1) is 17.7. The normalized spacial score (nSPS) is 10.3. The van der Waals surface area contributed by atoms with Crippen LogP contribution in [0.5, 0.6) is 0 Å². The van der Waals surface area contributed by atoms with Crippen molar-refractivity contribution >= 4 is 23.2 Å². The summed E-state index contributed by atoms with van der Waals surface area (Å²) in [4.78, 5) is 25.4. The van der Waals surface area contributed by atoms with Crippen LogP contribution in [0.3, 0.4) is 0 Å². The summed E-state index contributed by atoms with van der Waals surface area (Å²) in [5, 5.41) is 2.86. The zero-order valence-corrected chi connectivity index (χ0v) is 14.1. The minimum atomic E-state index is -0.418. The van der Waals surface area contributed by atoms with E-state index in [9.17, 15) is 14.0 Å². The summed E-state index contributed by atoms with van der Waals surface area (Å²) >= 11 is 0. The zero-order chi connectivity index (χ0) is 17.7. The summed E-state index contributed by atoms with van der Waals surface area (Å²) in [6.45, 7) is 5.51. The van der Waals surface area contributed by atoms with E-state index < -0.39 is 5.82 Å². The second kappa shape index (κ2) is 7.73. The molecule has 0 saturated heterocycles. The van der Waals surface area contributed by atoms with E-state index in [1.165, 1.54) is 30.0 Å². The van der Waals surface area contributed by atoms with Gasteiger partial charge in [-0.2, -0.15) is 0 Å². The Morgan fingerprint density at radius 3 is 2.50 bits per heavy atom. The van der Waals surface area contributed by atoms with Gasteiger partial charge in [-0.15, -0.1) is 0 Å². The van der Waals surface area contributed by atoms with Crippen LogP contribution in [0.4, 0.5) is 15.8 Å². The Morgan fingerprint density at radius 1 is 1.12 bits per heavy atom. The van der Waals surface area contributed by atoms with Gasteiger partial charge >= 0.3 is 0 Å². The van der Waals surface area contributed by atoms with Crippen LogP contribution in [-0.4, -0.2) is 18.4 Å². The van der Waals surface area contributed by atoms with E-state index >= 15 is 0 Å². The Bertz CT molecular complexity index is 759. The van der Waals surface area contributed by atoms with Crippen molar-refractivity contribution in [2.45, 2.75) is 27.2 Å². The highest BCUT2D eigenvalue weighted by Gasteiger charge is 2.14. The van der Waals surface area contributed by atoms with Crippen molar-refractivity contribution < 1.29 is 14.0 Å². The Morgan fingerprint density at radius 2 is 1.83 bits per heavy atom. The second-order valence-electron chi connectivity index (χ2n) is 5.70. The summed E-state index contributed by atoms with van der Waals surface area (Å²) in [6.07, 6.45) is 0.128. The standard InChI is InChI=1S/C19H21FN2O2/c1-13-6-4-9-18(14(13)2)21-19(24)10-11-22(15(3)23)17-8-5-7-16(20)12-17/h4-9,12H,10-11H2,1-3H3,(H,21,24). The van der Waals surface area contributed by atoms with E-state index in [2.05, 4.69) is 5.32 Å². The molecule has 0 aliphatic rings. The van der Waals surface area contributed by atoms with Gasteiger partial charge in [-0.1, -0.05) is 18.2 Å². The molecular weight excluding hydrogens is 307 g/mol. The molecule has 1 N–H and O–H groups in total. The highest BCUT2D eigenvalue weighted by atomic mass is 19.1. The van der Waals surface area contributed by atoms with Gasteiger partial charge < -0.3 is 10.2 Å². The van der Waals surface area contributed by atoms with E-state index in [0.29, 0.717) is 5.69 Å². The number of carbonyl (C=O) groups is 2. The average Bonchev–Trinajstić information content (AvgIpc) is 2.52. The predicted molar refractivity (Wildman–Crippen MR) is 93.6 cm³/mol. The fraction of sp³-hybridized carbons (Fsp3) is 0.263. The maximum Gasteiger partial charge on any atom is 0.226 e. The van der Waals surface area contributed by atoms with Crippen molar-refractivity contribution in [3.05, 3.63) is 59.4 Å². The molecule has 0 fully saturated rings. The molecule has 0 radical (unpaired) electrons. The van der Waals surface area contributed by atoms with Gasteiger partial charge in [0.15, 0.2) is 0 Å². The summed E-state index contributed by atoms with van der Waals surface area (Å²) in [6, 6.07) is 11.5. The van der Waals surface area contributed by atoms with Crippen molar-refractivity contribution in [2.24, 2.45) is 0 Å². The lowest BCUT2D eigenvalue weighted by molar-refractivity contribution is -0.117. The number of carbonyl (C=O) groups excluding carboxylic acids is 2. The number of halogens is 1. The number of aryl methyl sites for hydroxylation is 1. The molecule has 5 heteroatoms. The van der Waals surface area contributed by atoms with Gasteiger partial charge in [0.05, 0.1) is 0 Å². The van der Waals surface area contributed by atoms with E-state index in [-0.39, 0.29) is 24.8 Å². The molecule has 0 unspecified atom stereocenters. The quantitative estimate of drug-likeness (QED) is 0.907. The Labute approximate surface area is 141 Å². The molecule has 0 aliphatic carbocycles. The summed E-state index contributed by atoms with van der Waals surface area (Å²) in [5.41, 5.74) is 3.32. The second-order valence-corrected chi connectivity index (χ2v) is 5.70. The van der Waals surface area contributed by atoms with Crippen molar-refractivity contribution in [1.29, 1.82) is 0 Å². The lowest BCUT2D eigenvalue weighted by atomic mass is 10.1. The molecular formula is C19H21FN2O2. The number of hydrogen-bond acceptors (Lipinski definition) is 2. The zero-order valence-electron chi connectivity index (χ0n) is 14.1. The van der Waals surface area contributed by atoms with Crippen LogP contribution in [0.2, 0.25) is 0 Å². The Balaban J connectivity index is 2.03. The van der Waals surface area contributed by atoms with Crippen LogP contribution < -0.4 is 10.2 Å². The smallest absolute Gasteiger partial charge is 0.226 e. The van der Waals surface area contributed by atoms with Gasteiger partial charge in [0, 0.05) is 31.3 Å². The van der Waals surface area contributed by atoms with Gasteiger partial charge in [-0.05, 0) is 49.2 Å². The molecule has 0 aliphatic heterocycles. The van der Waals surface area contributed by atoms with Gasteiger partial charge in [0.1, 0.15) is 5.82 Å². The largest absolute Gasteiger partial charge is 0.326 e. The van der Waals surface area contributed by atoms with E-state index in [1.54, 1.807) is 6.07 Å². The van der Waals surface area contributed by atoms with Gasteiger partial charge in [-0.25, -0.2) is 4.39 Å². The first-order valence-electron chi connectivity index (χ1n) is 7.78. The highest BCUT2D eigenvalue weighted by Crippen LogP contribution is 2.19. The SMILES string of the molecule is CC(=O)N(CCC(=O)Nc1cccc(C)c1C)c1cccc(F)c1. The van der Waals surface area contributed by atoms with Crippen molar-refractivity contribution in [3.63, 3.8) is 0 Å². The monoisotopic (exact) mass is 328 g/mol. The summed E-state index contributed by atoms with van der Waals surface area (Å²) in [7, 11) is 0. The molecule has 0 bridgehead atoms. The molecule has 2 aromatic rings. The molecule has 4 nitrogen and oxygen atoms in total. The molecule has 126 valence electrons. The van der Waals surface area contributed by atoms with Crippen molar-refractivity contribution in [1.82, 2.24) is 0 Å². The topological polar surface area (TPSA) is 49.4 Å². The van der Waals surface area contributed by atoms with E-state index in [4.69, 9.17) is 0 Å². The molecule has 0 heterocycles. The fourth-order valence-electron chi connectivity index (χ4n) is 2.42. The lowest BCUT2D eigenvalue weighted by Gasteiger charge is -2.21. The maximum absolute atomic E-state index is 13.3. The third kappa shape index (κ3) is 4.41. The Hall–Kier alpha value is -2.69. The lowest BCUT2D eigenvalue weighted by Crippen LogP contribution is -2.32. The van der Waals surface area contributed by atoms with Gasteiger partial charge in [0.2, 0.25) is 11.8 Å². The number of hydrogen-bond donors (Lipinski definition) is 1. The maximum atomic E-state index is 13.3. The third-order valence-corrected chi connectivity index (χ3v) is 3.94. The molecule has 0 saturated carbocycles. The van der Waals surface area contributed by atoms with Crippen molar-refractivity contribution in [2.75, 3.05) is 16.8 Å². The number of anilines is 2. The van der Waals surface area contributed by atoms with Crippen molar-refractivity contribution in [3.8, 4) is 0 Å².